The maximum Gasteiger partial charge on any atom is 0.246 e. The molecule has 0 unspecified atom stereocenters. The minimum absolute atomic E-state index is 0.0427. The van der Waals surface area contributed by atoms with Crippen molar-refractivity contribution in [1.82, 2.24) is 23.7 Å². The molecule has 0 aliphatic carbocycles. The highest BCUT2D eigenvalue weighted by Crippen LogP contribution is 2.37. The Labute approximate surface area is 220 Å². The summed E-state index contributed by atoms with van der Waals surface area (Å²) in [6, 6.07) is 14.9. The molecule has 196 valence electrons. The van der Waals surface area contributed by atoms with E-state index in [1.54, 1.807) is 18.3 Å². The Morgan fingerprint density at radius 3 is 2.58 bits per heavy atom. The van der Waals surface area contributed by atoms with Gasteiger partial charge in [0.15, 0.2) is 0 Å². The standard InChI is InChI=1S/C27H28N6O4S/c1-36-19-7-8-22(37-2)23(16-19)38(34,35)32-12-9-17(10-13-32)27-31-24(25-26(28)29-11-14-33(25)27)21-15-18-5-3-4-6-20(18)30-21/h3-8,11,14-17,30H,9-10,12-13H2,1-2H3,(H2,28,29). The predicted octanol–water partition coefficient (Wildman–Crippen LogP) is 4.05. The molecule has 1 aliphatic rings. The topological polar surface area (TPSA) is 128 Å². The van der Waals surface area contributed by atoms with Crippen LogP contribution in [0.4, 0.5) is 5.82 Å². The van der Waals surface area contributed by atoms with Crippen LogP contribution in [0.3, 0.4) is 0 Å². The number of nitrogens with two attached hydrogens (primary N) is 1. The first-order valence-electron chi connectivity index (χ1n) is 12.3. The van der Waals surface area contributed by atoms with Gasteiger partial charge in [-0.2, -0.15) is 4.31 Å². The SMILES string of the molecule is COc1ccc(OC)c(S(=O)(=O)N2CCC(c3nc(-c4cc5ccccc5[nH]4)c4c(N)nccn34)CC2)c1. The predicted molar refractivity (Wildman–Crippen MR) is 145 cm³/mol. The van der Waals surface area contributed by atoms with Crippen molar-refractivity contribution in [2.75, 3.05) is 33.0 Å². The Kier molecular flexibility index (Phi) is 5.96. The van der Waals surface area contributed by atoms with Crippen molar-refractivity contribution >= 4 is 32.3 Å². The van der Waals surface area contributed by atoms with Gasteiger partial charge in [-0.3, -0.25) is 4.40 Å². The second kappa shape index (κ2) is 9.34. The van der Waals surface area contributed by atoms with Gasteiger partial charge < -0.3 is 20.2 Å². The van der Waals surface area contributed by atoms with E-state index in [0.29, 0.717) is 37.5 Å². The minimum Gasteiger partial charge on any atom is -0.497 e. The highest BCUT2D eigenvalue weighted by molar-refractivity contribution is 7.89. The zero-order valence-electron chi connectivity index (χ0n) is 21.1. The molecule has 4 heterocycles. The first-order valence-corrected chi connectivity index (χ1v) is 13.8. The van der Waals surface area contributed by atoms with Crippen LogP contribution in [0.5, 0.6) is 11.5 Å². The molecule has 0 bridgehead atoms. The summed E-state index contributed by atoms with van der Waals surface area (Å²) < 4.78 is 41.2. The van der Waals surface area contributed by atoms with Crippen LogP contribution in [-0.2, 0) is 10.0 Å². The van der Waals surface area contributed by atoms with E-state index in [1.807, 2.05) is 34.9 Å². The first-order chi connectivity index (χ1) is 18.4. The first kappa shape index (κ1) is 24.3. The second-order valence-electron chi connectivity index (χ2n) is 9.32. The van der Waals surface area contributed by atoms with Gasteiger partial charge in [0, 0.05) is 48.4 Å². The van der Waals surface area contributed by atoms with Gasteiger partial charge in [0.25, 0.3) is 0 Å². The quantitative estimate of drug-likeness (QED) is 0.338. The largest absolute Gasteiger partial charge is 0.497 e. The molecule has 1 fully saturated rings. The lowest BCUT2D eigenvalue weighted by Crippen LogP contribution is -2.38. The van der Waals surface area contributed by atoms with Gasteiger partial charge >= 0.3 is 0 Å². The lowest BCUT2D eigenvalue weighted by atomic mass is 9.97. The van der Waals surface area contributed by atoms with E-state index in [-0.39, 0.29) is 16.6 Å². The number of ether oxygens (including phenoxy) is 2. The Hall–Kier alpha value is -4.09. The van der Waals surface area contributed by atoms with E-state index in [4.69, 9.17) is 20.2 Å². The number of para-hydroxylation sites is 1. The van der Waals surface area contributed by atoms with Gasteiger partial charge in [-0.25, -0.2) is 18.4 Å². The lowest BCUT2D eigenvalue weighted by molar-refractivity contribution is 0.311. The molecule has 0 spiro atoms. The van der Waals surface area contributed by atoms with Gasteiger partial charge in [-0.1, -0.05) is 18.2 Å². The number of aromatic nitrogens is 4. The van der Waals surface area contributed by atoms with Crippen molar-refractivity contribution in [1.29, 1.82) is 0 Å². The van der Waals surface area contributed by atoms with Crippen molar-refractivity contribution in [3.05, 3.63) is 66.7 Å². The van der Waals surface area contributed by atoms with E-state index in [9.17, 15) is 8.42 Å². The number of anilines is 1. The number of fused-ring (bicyclic) bond motifs is 2. The van der Waals surface area contributed by atoms with Crippen LogP contribution in [0.1, 0.15) is 24.6 Å². The molecule has 3 aromatic heterocycles. The molecular weight excluding hydrogens is 504 g/mol. The molecule has 0 radical (unpaired) electrons. The number of rotatable bonds is 6. The zero-order valence-corrected chi connectivity index (χ0v) is 21.9. The second-order valence-corrected chi connectivity index (χ2v) is 11.2. The maximum atomic E-state index is 13.6. The van der Waals surface area contributed by atoms with Gasteiger partial charge in [-0.05, 0) is 37.1 Å². The third-order valence-corrected chi connectivity index (χ3v) is 9.12. The number of nitrogens with one attached hydrogen (secondary N) is 1. The summed E-state index contributed by atoms with van der Waals surface area (Å²) in [5.74, 6) is 2.03. The van der Waals surface area contributed by atoms with Crippen LogP contribution in [0.25, 0.3) is 27.8 Å². The van der Waals surface area contributed by atoms with E-state index in [0.717, 1.165) is 33.6 Å². The van der Waals surface area contributed by atoms with Gasteiger partial charge in [-0.15, -0.1) is 0 Å². The molecule has 1 saturated heterocycles. The highest BCUT2D eigenvalue weighted by Gasteiger charge is 2.34. The van der Waals surface area contributed by atoms with Gasteiger partial charge in [0.2, 0.25) is 10.0 Å². The molecule has 1 aliphatic heterocycles. The van der Waals surface area contributed by atoms with Crippen molar-refractivity contribution < 1.29 is 17.9 Å². The normalized spacial score (nSPS) is 15.3. The Morgan fingerprint density at radius 2 is 1.84 bits per heavy atom. The summed E-state index contributed by atoms with van der Waals surface area (Å²) in [6.45, 7) is 0.704. The third kappa shape index (κ3) is 3.95. The number of hydrogen-bond acceptors (Lipinski definition) is 7. The minimum atomic E-state index is -3.78. The molecule has 0 saturated carbocycles. The highest BCUT2D eigenvalue weighted by atomic mass is 32.2. The van der Waals surface area contributed by atoms with Crippen LogP contribution in [0, 0.1) is 0 Å². The summed E-state index contributed by atoms with van der Waals surface area (Å²) in [5.41, 5.74) is 9.68. The number of sulfonamides is 1. The summed E-state index contributed by atoms with van der Waals surface area (Å²) in [4.78, 5) is 12.9. The smallest absolute Gasteiger partial charge is 0.246 e. The van der Waals surface area contributed by atoms with Crippen molar-refractivity contribution in [2.45, 2.75) is 23.7 Å². The zero-order chi connectivity index (χ0) is 26.4. The van der Waals surface area contributed by atoms with Crippen LogP contribution < -0.4 is 15.2 Å². The Bertz CT molecular complexity index is 1720. The molecule has 2 aromatic carbocycles. The Balaban J connectivity index is 1.32. The van der Waals surface area contributed by atoms with Crippen molar-refractivity contribution in [3.63, 3.8) is 0 Å². The van der Waals surface area contributed by atoms with Crippen molar-refractivity contribution in [2.24, 2.45) is 0 Å². The summed E-state index contributed by atoms with van der Waals surface area (Å²) in [6.07, 6.45) is 4.75. The van der Waals surface area contributed by atoms with Crippen LogP contribution >= 0.6 is 0 Å². The number of imidazole rings is 1. The number of benzene rings is 2. The summed E-state index contributed by atoms with van der Waals surface area (Å²) in [7, 11) is -0.814. The molecule has 0 atom stereocenters. The number of aromatic amines is 1. The van der Waals surface area contributed by atoms with E-state index in [1.165, 1.54) is 24.6 Å². The van der Waals surface area contributed by atoms with Crippen molar-refractivity contribution in [3.8, 4) is 22.9 Å². The molecule has 11 heteroatoms. The fourth-order valence-electron chi connectivity index (χ4n) is 5.24. The van der Waals surface area contributed by atoms with Crippen LogP contribution in [-0.4, -0.2) is 59.4 Å². The maximum absolute atomic E-state index is 13.6. The van der Waals surface area contributed by atoms with Gasteiger partial charge in [0.05, 0.1) is 19.9 Å². The molecule has 6 rings (SSSR count). The molecule has 10 nitrogen and oxygen atoms in total. The summed E-state index contributed by atoms with van der Waals surface area (Å²) >= 11 is 0. The number of nitrogen functional groups attached to an aromatic ring is 1. The molecule has 38 heavy (non-hydrogen) atoms. The molecular formula is C27H28N6O4S. The average molecular weight is 533 g/mol. The molecule has 3 N–H and O–H groups in total. The number of H-pyrrole nitrogens is 1. The number of nitrogens with zero attached hydrogens (tertiary/aromatic N) is 4. The fourth-order valence-corrected chi connectivity index (χ4v) is 6.88. The number of methoxy groups -OCH3 is 2. The van der Waals surface area contributed by atoms with E-state index < -0.39 is 10.0 Å². The van der Waals surface area contributed by atoms with Crippen LogP contribution in [0.15, 0.2) is 65.8 Å². The van der Waals surface area contributed by atoms with Crippen LogP contribution in [0.2, 0.25) is 0 Å². The van der Waals surface area contributed by atoms with Gasteiger partial charge in [0.1, 0.15) is 39.2 Å². The lowest BCUT2D eigenvalue weighted by Gasteiger charge is -2.31. The average Bonchev–Trinajstić information content (AvgIpc) is 3.55. The third-order valence-electron chi connectivity index (χ3n) is 7.20. The number of hydrogen-bond donors (Lipinski definition) is 2. The Morgan fingerprint density at radius 1 is 1.05 bits per heavy atom. The van der Waals surface area contributed by atoms with E-state index in [2.05, 4.69) is 16.0 Å². The monoisotopic (exact) mass is 532 g/mol. The fraction of sp³-hybridized carbons (Fsp3) is 0.259. The molecule has 0 amide bonds. The number of piperidine rings is 1. The summed E-state index contributed by atoms with van der Waals surface area (Å²) in [5, 5.41) is 1.08. The van der Waals surface area contributed by atoms with E-state index >= 15 is 0 Å². The molecule has 5 aromatic rings.